The summed E-state index contributed by atoms with van der Waals surface area (Å²) in [5, 5.41) is 26.0. The standard InChI is InChI=1S/C24H30N6O5S.C24H28N6O4S.C17H22N6O2/c1-15-5-9-18(10-6-15)36(33,34)30-12-11-19-21(30)25-14-20(27-19)28-29-22(31)16-7-8-17(13-16)26-23(32)35-24(2,3)4;1-15-5-9-18(10-6-15)35(32,33)29-12-11-19-22(29)25-14-20-27-28-21(30(19)20)16-7-8-17(13-16)26-23(31)34-24(2,3)4;1-17(2,3)25-16(24)20-11-5-4-10(8-11)15-22-21-13-9-19-14-12(23(13)15)6-7-18-14/h5-6,9-12,14,16-17H,7-8,13H2,1-4H3,(H,26,32)(H,27,28)(H,29,31);5-6,9-12,14,16-17H,7-8,13H2,1-4H3,(H,26,31);6-7,9-11,18H,4-5,8H2,1-3H3,(H,20,24)/t2*16-,17+;10-,11+/m111/s1. The highest BCUT2D eigenvalue weighted by Gasteiger charge is 2.36. The van der Waals surface area contributed by atoms with E-state index in [1.807, 2.05) is 72.1 Å². The maximum Gasteiger partial charge on any atom is 0.407 e. The fourth-order valence-electron chi connectivity index (χ4n) is 12.1. The molecule has 2 aromatic carbocycles. The van der Waals surface area contributed by atoms with Crippen molar-refractivity contribution in [1.29, 1.82) is 0 Å². The predicted molar refractivity (Wildman–Crippen MR) is 356 cm³/mol. The molecular formula is C65H80N18O11S2. The van der Waals surface area contributed by atoms with E-state index in [-0.39, 0.29) is 69.1 Å². The number of benzene rings is 2. The van der Waals surface area contributed by atoms with Crippen LogP contribution in [0.1, 0.15) is 155 Å². The molecule has 3 aliphatic rings. The zero-order chi connectivity index (χ0) is 68.6. The van der Waals surface area contributed by atoms with E-state index in [1.54, 1.807) is 87.6 Å². The number of hydrogen-bond donors (Lipinski definition) is 6. The number of aromatic nitrogens is 13. The Morgan fingerprint density at radius 2 is 0.979 bits per heavy atom. The summed E-state index contributed by atoms with van der Waals surface area (Å²) in [4.78, 5) is 69.6. The van der Waals surface area contributed by atoms with Gasteiger partial charge in [-0.25, -0.2) is 59.1 Å². The Bertz CT molecular complexity index is 4750. The van der Waals surface area contributed by atoms with Gasteiger partial charge >= 0.3 is 18.3 Å². The van der Waals surface area contributed by atoms with Crippen LogP contribution in [-0.2, 0) is 39.1 Å². The normalized spacial score (nSPS) is 19.2. The van der Waals surface area contributed by atoms with Gasteiger partial charge in [0.15, 0.2) is 34.1 Å². The summed E-state index contributed by atoms with van der Waals surface area (Å²) < 4.78 is 74.8. The molecule has 8 aromatic heterocycles. The van der Waals surface area contributed by atoms with Crippen LogP contribution in [0.25, 0.3) is 44.8 Å². The lowest BCUT2D eigenvalue weighted by molar-refractivity contribution is -0.124. The smallest absolute Gasteiger partial charge is 0.407 e. The second kappa shape index (κ2) is 26.8. The zero-order valence-electron chi connectivity index (χ0n) is 55.3. The molecule has 13 rings (SSSR count). The molecule has 31 heteroatoms. The number of amides is 4. The number of nitrogens with one attached hydrogen (secondary N) is 6. The molecular weight excluding hydrogens is 1270 g/mol. The summed E-state index contributed by atoms with van der Waals surface area (Å²) in [6.07, 6.45) is 14.9. The number of carbonyl (C=O) groups excluding carboxylic acids is 4. The summed E-state index contributed by atoms with van der Waals surface area (Å²) in [5.41, 5.74) is 10.2. The lowest BCUT2D eigenvalue weighted by atomic mass is 10.1. The third-order valence-electron chi connectivity index (χ3n) is 16.4. The van der Waals surface area contributed by atoms with Gasteiger partial charge in [-0.05, 0) is 176 Å². The average Bonchev–Trinajstić information content (AvgIpc) is 1.58. The van der Waals surface area contributed by atoms with Crippen molar-refractivity contribution in [2.45, 2.75) is 191 Å². The number of anilines is 1. The number of ether oxygens (including phenoxy) is 3. The first-order valence-corrected chi connectivity index (χ1v) is 34.6. The molecule has 10 aromatic rings. The van der Waals surface area contributed by atoms with E-state index in [1.165, 1.54) is 28.8 Å². The Hall–Kier alpha value is -9.78. The molecule has 0 spiro atoms. The molecule has 4 amide bonds. The Balaban J connectivity index is 0.000000149. The first kappa shape index (κ1) is 67.6. The first-order chi connectivity index (χ1) is 45.4. The van der Waals surface area contributed by atoms with E-state index in [9.17, 15) is 36.0 Å². The van der Waals surface area contributed by atoms with Crippen molar-refractivity contribution in [2.24, 2.45) is 5.92 Å². The van der Waals surface area contributed by atoms with Gasteiger partial charge in [0, 0.05) is 54.5 Å². The molecule has 0 radical (unpaired) electrons. The van der Waals surface area contributed by atoms with Gasteiger partial charge in [0.1, 0.15) is 34.0 Å². The summed E-state index contributed by atoms with van der Waals surface area (Å²) in [7, 11) is -7.65. The van der Waals surface area contributed by atoms with E-state index in [4.69, 9.17) is 14.2 Å². The Kier molecular flexibility index (Phi) is 18.9. The molecule has 508 valence electrons. The molecule has 3 fully saturated rings. The molecule has 0 unspecified atom stereocenters. The Morgan fingerprint density at radius 1 is 0.521 bits per heavy atom. The van der Waals surface area contributed by atoms with Crippen LogP contribution in [0.2, 0.25) is 0 Å². The lowest BCUT2D eigenvalue weighted by Gasteiger charge is -2.21. The zero-order valence-corrected chi connectivity index (χ0v) is 56.9. The maximum absolute atomic E-state index is 13.3. The SMILES string of the molecule is CC(C)(C)OC(=O)N[C@H]1CC[C@@H](c2nnc3cnc4[nH]ccc4n23)C1.Cc1ccc(S(=O)(=O)n2ccc3c2ncc2nnc([C@@H]4CC[C@H](NC(=O)OC(C)(C)C)C4)n23)cc1.Cc1ccc(S(=O)(=O)n2ccc3nc(NNC(=O)[C@@H]4CC[C@H](NC(=O)OC(C)(C)C)C4)cnc32)cc1. The third-order valence-corrected chi connectivity index (χ3v) is 19.8. The van der Waals surface area contributed by atoms with E-state index in [2.05, 4.69) is 76.5 Å². The van der Waals surface area contributed by atoms with Gasteiger partial charge in [0.05, 0.1) is 39.4 Å². The van der Waals surface area contributed by atoms with E-state index in [0.29, 0.717) is 48.0 Å². The van der Waals surface area contributed by atoms with Crippen LogP contribution in [0, 0.1) is 19.8 Å². The third kappa shape index (κ3) is 15.5. The molecule has 6 atom stereocenters. The monoisotopic (exact) mass is 1350 g/mol. The number of H-pyrrole nitrogens is 1. The summed E-state index contributed by atoms with van der Waals surface area (Å²) in [6.45, 7) is 20.2. The van der Waals surface area contributed by atoms with Crippen molar-refractivity contribution < 1.29 is 50.2 Å². The second-order valence-corrected chi connectivity index (χ2v) is 31.1. The van der Waals surface area contributed by atoms with E-state index in [0.717, 1.165) is 75.7 Å². The van der Waals surface area contributed by atoms with Gasteiger partial charge in [-0.3, -0.25) is 24.4 Å². The molecule has 6 N–H and O–H groups in total. The van der Waals surface area contributed by atoms with Gasteiger partial charge in [0.2, 0.25) is 5.91 Å². The van der Waals surface area contributed by atoms with Gasteiger partial charge in [-0.2, -0.15) is 0 Å². The minimum absolute atomic E-state index is 0.0361. The number of rotatable bonds is 12. The van der Waals surface area contributed by atoms with Crippen molar-refractivity contribution in [1.82, 2.24) is 83.4 Å². The minimum Gasteiger partial charge on any atom is -0.444 e. The van der Waals surface area contributed by atoms with Crippen molar-refractivity contribution in [3.8, 4) is 0 Å². The van der Waals surface area contributed by atoms with Crippen molar-refractivity contribution >= 4 is 94.8 Å². The minimum atomic E-state index is -3.83. The molecule has 8 heterocycles. The van der Waals surface area contributed by atoms with Crippen molar-refractivity contribution in [3.05, 3.63) is 127 Å². The van der Waals surface area contributed by atoms with Crippen LogP contribution in [0.15, 0.2) is 114 Å². The van der Waals surface area contributed by atoms with Crippen molar-refractivity contribution in [2.75, 3.05) is 5.43 Å². The van der Waals surface area contributed by atoms with E-state index >= 15 is 0 Å². The molecule has 3 saturated carbocycles. The number of aromatic amines is 1. The van der Waals surface area contributed by atoms with Crippen LogP contribution in [-0.4, -0.2) is 138 Å². The largest absolute Gasteiger partial charge is 0.444 e. The number of aryl methyl sites for hydroxylation is 2. The van der Waals surface area contributed by atoms with Gasteiger partial charge in [-0.1, -0.05) is 35.4 Å². The van der Waals surface area contributed by atoms with Crippen LogP contribution < -0.4 is 26.8 Å². The predicted octanol–water partition coefficient (Wildman–Crippen LogP) is 9.66. The first-order valence-electron chi connectivity index (χ1n) is 31.8. The fourth-order valence-corrected chi connectivity index (χ4v) is 14.7. The quantitative estimate of drug-likeness (QED) is 0.0489. The summed E-state index contributed by atoms with van der Waals surface area (Å²) in [5.74, 6) is 1.70. The second-order valence-electron chi connectivity index (χ2n) is 27.4. The summed E-state index contributed by atoms with van der Waals surface area (Å²) >= 11 is 0. The molecule has 29 nitrogen and oxygen atoms in total. The number of alkyl carbamates (subject to hydrolysis) is 3. The summed E-state index contributed by atoms with van der Waals surface area (Å²) in [6, 6.07) is 18.4. The van der Waals surface area contributed by atoms with Gasteiger partial charge < -0.3 is 35.1 Å². The number of carbonyl (C=O) groups is 4. The highest BCUT2D eigenvalue weighted by atomic mass is 32.2. The van der Waals surface area contributed by atoms with Crippen LogP contribution in [0.4, 0.5) is 20.2 Å². The van der Waals surface area contributed by atoms with Crippen LogP contribution in [0.5, 0.6) is 0 Å². The average molecular weight is 1350 g/mol. The Labute approximate surface area is 554 Å². The topological polar surface area (TPSA) is 362 Å². The molecule has 0 aliphatic heterocycles. The number of fused-ring (bicyclic) bond motifs is 7. The van der Waals surface area contributed by atoms with Crippen LogP contribution in [0.3, 0.4) is 0 Å². The van der Waals surface area contributed by atoms with Gasteiger partial charge in [-0.15, -0.1) is 20.4 Å². The van der Waals surface area contributed by atoms with Crippen LogP contribution >= 0.6 is 0 Å². The number of hydrogen-bond acceptors (Lipinski definition) is 20. The fraction of sp³-hybridized carbons (Fsp3) is 0.446. The highest BCUT2D eigenvalue weighted by molar-refractivity contribution is 7.90. The van der Waals surface area contributed by atoms with Gasteiger partial charge in [0.25, 0.3) is 20.0 Å². The molecule has 0 saturated heterocycles. The molecule has 3 aliphatic carbocycles. The lowest BCUT2D eigenvalue weighted by Crippen LogP contribution is -2.39. The maximum atomic E-state index is 13.3. The number of nitrogens with zero attached hydrogens (tertiary/aromatic N) is 12. The number of hydrazine groups is 1. The molecule has 0 bridgehead atoms. The Morgan fingerprint density at radius 3 is 1.50 bits per heavy atom. The van der Waals surface area contributed by atoms with E-state index < -0.39 is 49.0 Å². The highest BCUT2D eigenvalue weighted by Crippen LogP contribution is 2.37. The van der Waals surface area contributed by atoms with Crippen molar-refractivity contribution in [3.63, 3.8) is 0 Å². The molecule has 96 heavy (non-hydrogen) atoms.